The lowest BCUT2D eigenvalue weighted by atomic mass is 10.2. The second kappa shape index (κ2) is 7.23. The monoisotopic (exact) mass is 388 g/mol. The molecule has 1 atom stereocenters. The van der Waals surface area contributed by atoms with Crippen molar-refractivity contribution < 1.29 is 18.0 Å². The lowest BCUT2D eigenvalue weighted by Crippen LogP contribution is -2.37. The number of hydrogen-bond acceptors (Lipinski definition) is 4. The van der Waals surface area contributed by atoms with Crippen LogP contribution in [-0.2, 0) is 14.6 Å². The van der Waals surface area contributed by atoms with Crippen LogP contribution in [0.5, 0.6) is 0 Å². The molecule has 0 radical (unpaired) electrons. The summed E-state index contributed by atoms with van der Waals surface area (Å²) in [6.07, 6.45) is 0.581. The minimum atomic E-state index is -3.00. The third-order valence-electron chi connectivity index (χ3n) is 3.34. The van der Waals surface area contributed by atoms with Crippen molar-refractivity contribution >= 4 is 37.6 Å². The molecule has 6 nitrogen and oxygen atoms in total. The zero-order valence-corrected chi connectivity index (χ0v) is 14.2. The first-order valence-electron chi connectivity index (χ1n) is 6.89. The average molecular weight is 389 g/mol. The van der Waals surface area contributed by atoms with Gasteiger partial charge in [-0.2, -0.15) is 0 Å². The molecule has 0 aromatic heterocycles. The molecule has 0 aliphatic carbocycles. The van der Waals surface area contributed by atoms with Gasteiger partial charge >= 0.3 is 0 Å². The number of sulfone groups is 1. The molecule has 2 rings (SSSR count). The van der Waals surface area contributed by atoms with Crippen molar-refractivity contribution in [1.82, 2.24) is 10.6 Å². The Morgan fingerprint density at radius 2 is 1.91 bits per heavy atom. The molecule has 2 N–H and O–H groups in total. The van der Waals surface area contributed by atoms with Gasteiger partial charge in [-0.25, -0.2) is 8.42 Å². The zero-order chi connectivity index (χ0) is 16.2. The summed E-state index contributed by atoms with van der Waals surface area (Å²) in [6.45, 7) is 0.209. The maximum Gasteiger partial charge on any atom is 0.251 e. The highest BCUT2D eigenvalue weighted by atomic mass is 79.9. The first-order valence-corrected chi connectivity index (χ1v) is 9.51. The highest BCUT2D eigenvalue weighted by Crippen LogP contribution is 2.11. The summed E-state index contributed by atoms with van der Waals surface area (Å²) in [4.78, 5) is 23.5. The Hall–Kier alpha value is -1.41. The standard InChI is InChI=1S/C14H17BrN2O4S/c15-11-3-1-10(2-4-11)14(19)16-7-5-13(18)17-12-6-8-22(20,21)9-12/h1-4,12H,5-9H2,(H,16,19)(H,17,18)/t12-/m0/s1. The van der Waals surface area contributed by atoms with Crippen LogP contribution < -0.4 is 10.6 Å². The van der Waals surface area contributed by atoms with Crippen LogP contribution in [-0.4, -0.2) is 44.3 Å². The van der Waals surface area contributed by atoms with Crippen molar-refractivity contribution in [3.8, 4) is 0 Å². The van der Waals surface area contributed by atoms with E-state index in [-0.39, 0.29) is 42.3 Å². The first kappa shape index (κ1) is 17.0. The molecule has 1 aromatic carbocycles. The van der Waals surface area contributed by atoms with Crippen LogP contribution in [0.4, 0.5) is 0 Å². The molecule has 1 fully saturated rings. The Morgan fingerprint density at radius 1 is 1.23 bits per heavy atom. The maximum absolute atomic E-state index is 11.8. The predicted molar refractivity (Wildman–Crippen MR) is 86.3 cm³/mol. The topological polar surface area (TPSA) is 92.3 Å². The van der Waals surface area contributed by atoms with E-state index in [4.69, 9.17) is 0 Å². The van der Waals surface area contributed by atoms with Crippen molar-refractivity contribution in [2.45, 2.75) is 18.9 Å². The fraction of sp³-hybridized carbons (Fsp3) is 0.429. The van der Waals surface area contributed by atoms with Gasteiger partial charge in [0.15, 0.2) is 9.84 Å². The van der Waals surface area contributed by atoms with Gasteiger partial charge < -0.3 is 10.6 Å². The van der Waals surface area contributed by atoms with E-state index >= 15 is 0 Å². The van der Waals surface area contributed by atoms with Crippen LogP contribution >= 0.6 is 15.9 Å². The number of hydrogen-bond donors (Lipinski definition) is 2. The Morgan fingerprint density at radius 3 is 2.50 bits per heavy atom. The number of nitrogens with one attached hydrogen (secondary N) is 2. The number of carbonyl (C=O) groups is 2. The molecule has 22 heavy (non-hydrogen) atoms. The lowest BCUT2D eigenvalue weighted by Gasteiger charge is -2.11. The normalized spacial score (nSPS) is 19.6. The van der Waals surface area contributed by atoms with Gasteiger partial charge in [-0.05, 0) is 30.7 Å². The molecule has 8 heteroatoms. The van der Waals surface area contributed by atoms with Crippen molar-refractivity contribution in [3.63, 3.8) is 0 Å². The van der Waals surface area contributed by atoms with E-state index in [1.807, 2.05) is 0 Å². The third-order valence-corrected chi connectivity index (χ3v) is 5.64. The van der Waals surface area contributed by atoms with E-state index in [2.05, 4.69) is 26.6 Å². The van der Waals surface area contributed by atoms with E-state index in [1.165, 1.54) is 0 Å². The van der Waals surface area contributed by atoms with Crippen LogP contribution in [0.15, 0.2) is 28.7 Å². The summed E-state index contributed by atoms with van der Waals surface area (Å²) in [5.74, 6) is -0.371. The summed E-state index contributed by atoms with van der Waals surface area (Å²) in [7, 11) is -3.00. The van der Waals surface area contributed by atoms with Crippen LogP contribution in [0.1, 0.15) is 23.2 Å². The SMILES string of the molecule is O=C(CCNC(=O)c1ccc(Br)cc1)N[C@H]1CCS(=O)(=O)C1. The molecular formula is C14H17BrN2O4S. The molecule has 0 unspecified atom stereocenters. The summed E-state index contributed by atoms with van der Waals surface area (Å²) in [6, 6.07) is 6.59. The molecule has 120 valence electrons. The Kier molecular flexibility index (Phi) is 5.57. The van der Waals surface area contributed by atoms with E-state index in [9.17, 15) is 18.0 Å². The number of amides is 2. The summed E-state index contributed by atoms with van der Waals surface area (Å²) >= 11 is 3.29. The molecule has 0 bridgehead atoms. The minimum Gasteiger partial charge on any atom is -0.352 e. The second-order valence-electron chi connectivity index (χ2n) is 5.18. The van der Waals surface area contributed by atoms with E-state index in [0.717, 1.165) is 4.47 Å². The van der Waals surface area contributed by atoms with E-state index in [1.54, 1.807) is 24.3 Å². The smallest absolute Gasteiger partial charge is 0.251 e. The molecule has 1 aliphatic rings. The number of benzene rings is 1. The highest BCUT2D eigenvalue weighted by molar-refractivity contribution is 9.10. The molecular weight excluding hydrogens is 372 g/mol. The lowest BCUT2D eigenvalue weighted by molar-refractivity contribution is -0.121. The first-order chi connectivity index (χ1) is 10.4. The van der Waals surface area contributed by atoms with Gasteiger partial charge in [0.25, 0.3) is 5.91 Å². The molecule has 1 aromatic rings. The summed E-state index contributed by atoms with van der Waals surface area (Å²) < 4.78 is 23.5. The van der Waals surface area contributed by atoms with Crippen molar-refractivity contribution in [3.05, 3.63) is 34.3 Å². The zero-order valence-electron chi connectivity index (χ0n) is 11.8. The Balaban J connectivity index is 1.71. The Bertz CT molecular complexity index is 658. The predicted octanol–water partition coefficient (Wildman–Crippen LogP) is 0.872. The van der Waals surface area contributed by atoms with Gasteiger partial charge in [0.2, 0.25) is 5.91 Å². The van der Waals surface area contributed by atoms with Crippen LogP contribution in [0.2, 0.25) is 0 Å². The van der Waals surface area contributed by atoms with E-state index < -0.39 is 9.84 Å². The van der Waals surface area contributed by atoms with Crippen molar-refractivity contribution in [2.24, 2.45) is 0 Å². The van der Waals surface area contributed by atoms with Crippen molar-refractivity contribution in [2.75, 3.05) is 18.1 Å². The van der Waals surface area contributed by atoms with Gasteiger partial charge in [-0.1, -0.05) is 15.9 Å². The van der Waals surface area contributed by atoms with Gasteiger partial charge in [0.05, 0.1) is 11.5 Å². The molecule has 1 saturated heterocycles. The fourth-order valence-electron chi connectivity index (χ4n) is 2.20. The Labute approximate surface area is 137 Å². The van der Waals surface area contributed by atoms with Crippen LogP contribution in [0, 0.1) is 0 Å². The fourth-order valence-corrected chi connectivity index (χ4v) is 4.14. The maximum atomic E-state index is 11.8. The van der Waals surface area contributed by atoms with Gasteiger partial charge in [0, 0.05) is 29.0 Å². The summed E-state index contributed by atoms with van der Waals surface area (Å²) in [5.41, 5.74) is 0.519. The molecule has 1 heterocycles. The number of halogens is 1. The second-order valence-corrected chi connectivity index (χ2v) is 8.32. The van der Waals surface area contributed by atoms with Crippen LogP contribution in [0.25, 0.3) is 0 Å². The van der Waals surface area contributed by atoms with Crippen LogP contribution in [0.3, 0.4) is 0 Å². The van der Waals surface area contributed by atoms with Crippen molar-refractivity contribution in [1.29, 1.82) is 0 Å². The third kappa shape index (κ3) is 5.10. The molecule has 0 saturated carbocycles. The van der Waals surface area contributed by atoms with Gasteiger partial charge in [-0.15, -0.1) is 0 Å². The number of rotatable bonds is 5. The molecule has 1 aliphatic heterocycles. The quantitative estimate of drug-likeness (QED) is 0.782. The van der Waals surface area contributed by atoms with Gasteiger partial charge in [0.1, 0.15) is 0 Å². The highest BCUT2D eigenvalue weighted by Gasteiger charge is 2.28. The summed E-state index contributed by atoms with van der Waals surface area (Å²) in [5, 5.41) is 5.34. The largest absolute Gasteiger partial charge is 0.352 e. The van der Waals surface area contributed by atoms with E-state index in [0.29, 0.717) is 12.0 Å². The molecule has 0 spiro atoms. The minimum absolute atomic E-state index is 0.00396. The van der Waals surface area contributed by atoms with Gasteiger partial charge in [-0.3, -0.25) is 9.59 Å². The number of carbonyl (C=O) groups excluding carboxylic acids is 2. The average Bonchev–Trinajstić information content (AvgIpc) is 2.78. The molecule has 2 amide bonds.